The van der Waals surface area contributed by atoms with Gasteiger partial charge < -0.3 is 24.8 Å². The molecule has 0 saturated heterocycles. The SMILES string of the molecule is CCCCC1=[C]([Hf+2][C]2=CC=CC2)CC=C1.[Cl-].[Cl-]. The van der Waals surface area contributed by atoms with E-state index in [0.717, 1.165) is 0 Å². The van der Waals surface area contributed by atoms with E-state index >= 15 is 0 Å². The second-order valence-electron chi connectivity index (χ2n) is 4.16. The van der Waals surface area contributed by atoms with E-state index in [2.05, 4.69) is 37.3 Å². The molecule has 2 aliphatic carbocycles. The largest absolute Gasteiger partial charge is 1.00 e. The van der Waals surface area contributed by atoms with Crippen molar-refractivity contribution >= 4 is 0 Å². The first-order valence-electron chi connectivity index (χ1n) is 5.91. The fourth-order valence-electron chi connectivity index (χ4n) is 2.02. The van der Waals surface area contributed by atoms with Gasteiger partial charge >= 0.3 is 105 Å². The third-order valence-electron chi connectivity index (χ3n) is 2.91. The number of halogens is 2. The summed E-state index contributed by atoms with van der Waals surface area (Å²) in [4.78, 5) is 0. The van der Waals surface area contributed by atoms with Gasteiger partial charge in [-0.25, -0.2) is 0 Å². The number of unbranched alkanes of at least 4 members (excludes halogenated alkanes) is 1. The quantitative estimate of drug-likeness (QED) is 0.453. The average Bonchev–Trinajstić information content (AvgIpc) is 2.87. The Labute approximate surface area is 129 Å². The molecule has 0 spiro atoms. The summed E-state index contributed by atoms with van der Waals surface area (Å²) in [5, 5.41) is 0. The molecule has 0 saturated carbocycles. The van der Waals surface area contributed by atoms with Crippen molar-refractivity contribution in [3.05, 3.63) is 42.6 Å². The van der Waals surface area contributed by atoms with Crippen LogP contribution in [0.25, 0.3) is 0 Å². The van der Waals surface area contributed by atoms with E-state index in [1.54, 1.807) is 8.90 Å². The zero-order valence-corrected chi connectivity index (χ0v) is 15.3. The first-order chi connectivity index (χ1) is 7.40. The van der Waals surface area contributed by atoms with Gasteiger partial charge in [0.1, 0.15) is 0 Å². The average molecular weight is 436 g/mol. The molecular formula is C14H18Cl2Hf. The van der Waals surface area contributed by atoms with E-state index in [9.17, 15) is 0 Å². The molecule has 0 radical (unpaired) electrons. The van der Waals surface area contributed by atoms with Gasteiger partial charge in [-0.05, 0) is 0 Å². The molecule has 2 aliphatic rings. The topological polar surface area (TPSA) is 0 Å². The van der Waals surface area contributed by atoms with Crippen LogP contribution >= 0.6 is 0 Å². The Bertz CT molecular complexity index is 351. The van der Waals surface area contributed by atoms with Crippen LogP contribution in [0.2, 0.25) is 0 Å². The summed E-state index contributed by atoms with van der Waals surface area (Å²) in [5.74, 6) is 0. The molecule has 0 aliphatic heterocycles. The van der Waals surface area contributed by atoms with E-state index < -0.39 is 22.9 Å². The molecule has 0 bridgehead atoms. The predicted octanol–water partition coefficient (Wildman–Crippen LogP) is -1.68. The fourth-order valence-corrected chi connectivity index (χ4v) is 6.96. The van der Waals surface area contributed by atoms with Crippen molar-refractivity contribution in [1.29, 1.82) is 0 Å². The molecule has 0 aromatic heterocycles. The second kappa shape index (κ2) is 9.35. The molecule has 17 heavy (non-hydrogen) atoms. The summed E-state index contributed by atoms with van der Waals surface area (Å²) in [5.41, 5.74) is 1.70. The minimum atomic E-state index is -0.617. The standard InChI is InChI=1S/C9H13.C5H5.2ClH.Hf/c1-2-3-6-9-7-4-5-8-9;1-2-4-5-3-1;;;/h4,7H,2-3,5-6H2,1H3;1-3H,4H2;2*1H;/q;;;;+2/p-2. The van der Waals surface area contributed by atoms with Gasteiger partial charge in [-0.3, -0.25) is 0 Å². The van der Waals surface area contributed by atoms with Crippen molar-refractivity contribution in [2.24, 2.45) is 0 Å². The van der Waals surface area contributed by atoms with Crippen LogP contribution in [-0.4, -0.2) is 0 Å². The van der Waals surface area contributed by atoms with Gasteiger partial charge in [0, 0.05) is 0 Å². The maximum Gasteiger partial charge on any atom is -1.00 e. The van der Waals surface area contributed by atoms with Crippen molar-refractivity contribution in [2.75, 3.05) is 0 Å². The molecule has 0 fully saturated rings. The number of hydrogen-bond acceptors (Lipinski definition) is 0. The van der Waals surface area contributed by atoms with Gasteiger partial charge in [-0.15, -0.1) is 0 Å². The Balaban J connectivity index is 0.00000128. The van der Waals surface area contributed by atoms with E-state index in [1.807, 2.05) is 3.33 Å². The Morgan fingerprint density at radius 1 is 1.18 bits per heavy atom. The third-order valence-corrected chi connectivity index (χ3v) is 8.37. The number of rotatable bonds is 5. The van der Waals surface area contributed by atoms with E-state index in [0.29, 0.717) is 0 Å². The zero-order chi connectivity index (χ0) is 10.5. The molecule has 0 atom stereocenters. The van der Waals surface area contributed by atoms with E-state index in [1.165, 1.54) is 32.1 Å². The first kappa shape index (κ1) is 17.4. The minimum absolute atomic E-state index is 0. The molecule has 0 aromatic carbocycles. The Morgan fingerprint density at radius 2 is 2.00 bits per heavy atom. The van der Waals surface area contributed by atoms with Crippen LogP contribution < -0.4 is 24.8 Å². The predicted molar refractivity (Wildman–Crippen MR) is 62.1 cm³/mol. The Kier molecular flexibility index (Phi) is 9.58. The number of hydrogen-bond donors (Lipinski definition) is 0. The van der Waals surface area contributed by atoms with Crippen LogP contribution in [0, 0.1) is 0 Å². The maximum absolute atomic E-state index is 2.39. The monoisotopic (exact) mass is 436 g/mol. The van der Waals surface area contributed by atoms with Crippen molar-refractivity contribution in [1.82, 2.24) is 0 Å². The van der Waals surface area contributed by atoms with Gasteiger partial charge in [0.2, 0.25) is 0 Å². The molecular weight excluding hydrogens is 418 g/mol. The van der Waals surface area contributed by atoms with Crippen LogP contribution in [0.4, 0.5) is 0 Å². The van der Waals surface area contributed by atoms with Gasteiger partial charge in [-0.2, -0.15) is 0 Å². The Hall–Kier alpha value is 0.410. The molecule has 0 unspecified atom stereocenters. The van der Waals surface area contributed by atoms with Crippen LogP contribution in [0.15, 0.2) is 42.6 Å². The van der Waals surface area contributed by atoms with Gasteiger partial charge in [-0.1, -0.05) is 0 Å². The molecule has 3 heteroatoms. The number of allylic oxidation sites excluding steroid dienone is 8. The normalized spacial score (nSPS) is 16.4. The molecule has 0 nitrogen and oxygen atoms in total. The van der Waals surface area contributed by atoms with Gasteiger partial charge in [0.25, 0.3) is 0 Å². The summed E-state index contributed by atoms with van der Waals surface area (Å²) >= 11 is -0.617. The third kappa shape index (κ3) is 5.28. The van der Waals surface area contributed by atoms with Crippen molar-refractivity contribution in [3.8, 4) is 0 Å². The van der Waals surface area contributed by atoms with Gasteiger partial charge in [0.05, 0.1) is 0 Å². The Morgan fingerprint density at radius 3 is 2.65 bits per heavy atom. The van der Waals surface area contributed by atoms with Crippen LogP contribution in [0.1, 0.15) is 39.0 Å². The fraction of sp³-hybridized carbons (Fsp3) is 0.429. The molecule has 0 amide bonds. The first-order valence-corrected chi connectivity index (χ1v) is 9.50. The molecule has 0 heterocycles. The van der Waals surface area contributed by atoms with Crippen molar-refractivity contribution in [2.45, 2.75) is 39.0 Å². The molecule has 92 valence electrons. The van der Waals surface area contributed by atoms with E-state index in [4.69, 9.17) is 0 Å². The smallest absolute Gasteiger partial charge is 1.00 e. The van der Waals surface area contributed by atoms with Crippen LogP contribution in [0.5, 0.6) is 0 Å². The molecule has 0 aromatic rings. The van der Waals surface area contributed by atoms with Gasteiger partial charge in [0.15, 0.2) is 0 Å². The second-order valence-corrected chi connectivity index (χ2v) is 9.54. The summed E-state index contributed by atoms with van der Waals surface area (Å²) in [6.07, 6.45) is 18.2. The van der Waals surface area contributed by atoms with Crippen molar-refractivity contribution < 1.29 is 47.7 Å². The van der Waals surface area contributed by atoms with Crippen LogP contribution in [0.3, 0.4) is 0 Å². The van der Waals surface area contributed by atoms with Crippen molar-refractivity contribution in [3.63, 3.8) is 0 Å². The minimum Gasteiger partial charge on any atom is -1.00 e. The van der Waals surface area contributed by atoms with Crippen LogP contribution in [-0.2, 0) is 22.9 Å². The molecule has 0 N–H and O–H groups in total. The summed E-state index contributed by atoms with van der Waals surface area (Å²) in [6.45, 7) is 2.28. The maximum atomic E-state index is 2.39. The summed E-state index contributed by atoms with van der Waals surface area (Å²) in [6, 6.07) is 0. The summed E-state index contributed by atoms with van der Waals surface area (Å²) in [7, 11) is 0. The summed E-state index contributed by atoms with van der Waals surface area (Å²) < 4.78 is 3.64. The zero-order valence-electron chi connectivity index (χ0n) is 10.2. The molecule has 2 rings (SSSR count). The van der Waals surface area contributed by atoms with E-state index in [-0.39, 0.29) is 24.8 Å².